The molecular formula is C30H30MnN2O4. The minimum Gasteiger partial charge on any atom is -0.394 e. The van der Waals surface area contributed by atoms with Gasteiger partial charge in [0.15, 0.2) is 11.6 Å². The minimum absolute atomic E-state index is 0. The number of hydrogen-bond donors (Lipinski definition) is 4. The third kappa shape index (κ3) is 9.33. The Kier molecular flexibility index (Phi) is 12.8. The molecule has 2 aliphatic carbocycles. The molecule has 2 aliphatic rings. The number of ketones is 2. The van der Waals surface area contributed by atoms with Crippen LogP contribution in [-0.2, 0) is 26.7 Å². The number of nitrogens with one attached hydrogen (secondary N) is 2. The fourth-order valence-corrected chi connectivity index (χ4v) is 3.46. The molecule has 4 rings (SSSR count). The first-order valence-electron chi connectivity index (χ1n) is 11.6. The van der Waals surface area contributed by atoms with Crippen molar-refractivity contribution in [3.63, 3.8) is 0 Å². The molecule has 4 N–H and O–H groups in total. The van der Waals surface area contributed by atoms with Gasteiger partial charge in [-0.1, -0.05) is 85.0 Å². The van der Waals surface area contributed by atoms with Crippen LogP contribution in [-0.4, -0.2) is 35.0 Å². The van der Waals surface area contributed by atoms with E-state index in [0.717, 1.165) is 11.1 Å². The molecule has 0 amide bonds. The van der Waals surface area contributed by atoms with Crippen molar-refractivity contribution in [2.45, 2.75) is 12.1 Å². The smallest absolute Gasteiger partial charge is 0.187 e. The van der Waals surface area contributed by atoms with Crippen molar-refractivity contribution < 1.29 is 36.9 Å². The van der Waals surface area contributed by atoms with Gasteiger partial charge in [-0.25, -0.2) is 0 Å². The summed E-state index contributed by atoms with van der Waals surface area (Å²) in [5.74, 6) is -0.0653. The zero-order valence-electron chi connectivity index (χ0n) is 20.2. The van der Waals surface area contributed by atoms with Gasteiger partial charge in [0.25, 0.3) is 0 Å². The summed E-state index contributed by atoms with van der Waals surface area (Å²) in [6.45, 7) is -0.0525. The molecule has 0 saturated carbocycles. The van der Waals surface area contributed by atoms with Gasteiger partial charge in [-0.05, 0) is 35.4 Å². The molecule has 1 radical (unpaired) electrons. The first-order chi connectivity index (χ1) is 17.6. The third-order valence-corrected chi connectivity index (χ3v) is 5.49. The van der Waals surface area contributed by atoms with Gasteiger partial charge in [-0.3, -0.25) is 9.59 Å². The maximum atomic E-state index is 11.5. The number of carbonyl (C=O) groups excluding carboxylic acids is 2. The largest absolute Gasteiger partial charge is 0.394 e. The van der Waals surface area contributed by atoms with E-state index in [1.54, 1.807) is 36.7 Å². The van der Waals surface area contributed by atoms with Gasteiger partial charge in [-0.2, -0.15) is 0 Å². The summed E-state index contributed by atoms with van der Waals surface area (Å²) in [7, 11) is 0. The predicted molar refractivity (Wildman–Crippen MR) is 142 cm³/mol. The van der Waals surface area contributed by atoms with Crippen molar-refractivity contribution >= 4 is 11.6 Å². The van der Waals surface area contributed by atoms with Crippen molar-refractivity contribution in [2.75, 3.05) is 13.2 Å². The van der Waals surface area contributed by atoms with E-state index in [-0.39, 0.29) is 53.9 Å². The monoisotopic (exact) mass is 537 g/mol. The van der Waals surface area contributed by atoms with Crippen LogP contribution in [0, 0.1) is 0 Å². The quantitative estimate of drug-likeness (QED) is 0.302. The molecule has 37 heavy (non-hydrogen) atoms. The summed E-state index contributed by atoms with van der Waals surface area (Å²) in [6.07, 6.45) is 16.9. The summed E-state index contributed by atoms with van der Waals surface area (Å²) in [6, 6.07) is 18.9. The van der Waals surface area contributed by atoms with Gasteiger partial charge in [0.1, 0.15) is 0 Å². The SMILES string of the molecule is O=C1C=CC=C/C1=C/N[C@H](CO)c1ccccc1.O=C1C=CC=C/C1=C/N[C@H](CO)c1ccccc1.[Mn]. The molecule has 0 bridgehead atoms. The Balaban J connectivity index is 0.000000253. The normalized spacial score (nSPS) is 17.6. The molecule has 2 aromatic carbocycles. The van der Waals surface area contributed by atoms with Crippen LogP contribution in [0.2, 0.25) is 0 Å². The second kappa shape index (κ2) is 16.1. The standard InChI is InChI=1S/2C15H15NO2.Mn/c2*17-11-14(12-6-2-1-3-7-12)16-10-13-8-4-5-9-15(13)18;/h2*1-10,14,16-17H,11H2;/b2*13-10-;/t2*14-;/m11./s1. The van der Waals surface area contributed by atoms with Gasteiger partial charge < -0.3 is 20.8 Å². The van der Waals surface area contributed by atoms with E-state index in [1.165, 1.54) is 12.2 Å². The second-order valence-electron chi connectivity index (χ2n) is 7.99. The van der Waals surface area contributed by atoms with Crippen LogP contribution in [0.25, 0.3) is 0 Å². The summed E-state index contributed by atoms with van der Waals surface area (Å²) in [5.41, 5.74) is 3.15. The number of rotatable bonds is 8. The fraction of sp³-hybridized carbons (Fsp3) is 0.133. The Labute approximate surface area is 228 Å². The van der Waals surface area contributed by atoms with E-state index in [0.29, 0.717) is 11.1 Å². The number of carbonyl (C=O) groups is 2. The van der Waals surface area contributed by atoms with E-state index < -0.39 is 0 Å². The van der Waals surface area contributed by atoms with Gasteiger partial charge in [0, 0.05) is 40.6 Å². The van der Waals surface area contributed by atoms with E-state index in [1.807, 2.05) is 72.8 Å². The molecular weight excluding hydrogens is 507 g/mol. The van der Waals surface area contributed by atoms with Gasteiger partial charge in [0.2, 0.25) is 0 Å². The molecule has 6 nitrogen and oxygen atoms in total. The van der Waals surface area contributed by atoms with E-state index in [2.05, 4.69) is 10.6 Å². The molecule has 0 heterocycles. The molecule has 0 aliphatic heterocycles. The van der Waals surface area contributed by atoms with Crippen LogP contribution in [0.1, 0.15) is 23.2 Å². The van der Waals surface area contributed by atoms with E-state index in [4.69, 9.17) is 0 Å². The molecule has 0 spiro atoms. The van der Waals surface area contributed by atoms with E-state index >= 15 is 0 Å². The topological polar surface area (TPSA) is 98.7 Å². The Morgan fingerprint density at radius 2 is 0.946 bits per heavy atom. The number of benzene rings is 2. The Morgan fingerprint density at radius 3 is 1.27 bits per heavy atom. The number of allylic oxidation sites excluding steroid dienone is 10. The summed E-state index contributed by atoms with van der Waals surface area (Å²) in [4.78, 5) is 23.0. The third-order valence-electron chi connectivity index (χ3n) is 5.49. The molecule has 0 unspecified atom stereocenters. The van der Waals surface area contributed by atoms with Crippen molar-refractivity contribution in [3.05, 3.63) is 144 Å². The second-order valence-corrected chi connectivity index (χ2v) is 7.99. The zero-order valence-corrected chi connectivity index (χ0v) is 21.4. The zero-order chi connectivity index (χ0) is 25.6. The maximum absolute atomic E-state index is 11.5. The van der Waals surface area contributed by atoms with Crippen LogP contribution in [0.3, 0.4) is 0 Å². The van der Waals surface area contributed by atoms with Crippen LogP contribution >= 0.6 is 0 Å². The van der Waals surface area contributed by atoms with Gasteiger partial charge in [-0.15, -0.1) is 0 Å². The number of hydrogen-bond acceptors (Lipinski definition) is 6. The number of aliphatic hydroxyl groups is 2. The number of aliphatic hydroxyl groups excluding tert-OH is 2. The van der Waals surface area contributed by atoms with Crippen molar-refractivity contribution in [2.24, 2.45) is 0 Å². The molecule has 191 valence electrons. The average Bonchev–Trinajstić information content (AvgIpc) is 2.93. The molecule has 0 aromatic heterocycles. The van der Waals surface area contributed by atoms with Crippen molar-refractivity contribution in [3.8, 4) is 0 Å². The van der Waals surface area contributed by atoms with Crippen LogP contribution < -0.4 is 10.6 Å². The van der Waals surface area contributed by atoms with Crippen LogP contribution in [0.15, 0.2) is 133 Å². The molecule has 7 heteroatoms. The summed E-state index contributed by atoms with van der Waals surface area (Å²) in [5, 5.41) is 24.9. The van der Waals surface area contributed by atoms with Crippen molar-refractivity contribution in [1.29, 1.82) is 0 Å². The Bertz CT molecular complexity index is 1100. The molecule has 0 fully saturated rings. The van der Waals surface area contributed by atoms with Crippen molar-refractivity contribution in [1.82, 2.24) is 10.6 Å². The van der Waals surface area contributed by atoms with Gasteiger partial charge >= 0.3 is 0 Å². The van der Waals surface area contributed by atoms with E-state index in [9.17, 15) is 19.8 Å². The first-order valence-corrected chi connectivity index (χ1v) is 11.6. The first kappa shape index (κ1) is 29.5. The Hall–Kier alpha value is -3.74. The average molecular weight is 538 g/mol. The van der Waals surface area contributed by atoms with Crippen LogP contribution in [0.5, 0.6) is 0 Å². The Morgan fingerprint density at radius 1 is 0.595 bits per heavy atom. The maximum Gasteiger partial charge on any atom is 0.187 e. The molecule has 2 aromatic rings. The molecule has 0 saturated heterocycles. The minimum atomic E-state index is -0.203. The fourth-order valence-electron chi connectivity index (χ4n) is 3.46. The summed E-state index contributed by atoms with van der Waals surface area (Å²) >= 11 is 0. The van der Waals surface area contributed by atoms with Gasteiger partial charge in [0.05, 0.1) is 25.3 Å². The summed E-state index contributed by atoms with van der Waals surface area (Å²) < 4.78 is 0. The molecule has 2 atom stereocenters. The predicted octanol–water partition coefficient (Wildman–Crippen LogP) is 3.77. The van der Waals surface area contributed by atoms with Crippen LogP contribution in [0.4, 0.5) is 0 Å².